The molecule has 1 saturated carbocycles. The predicted molar refractivity (Wildman–Crippen MR) is 69.8 cm³/mol. The van der Waals surface area contributed by atoms with Gasteiger partial charge < -0.3 is 14.7 Å². The summed E-state index contributed by atoms with van der Waals surface area (Å²) in [7, 11) is 0. The van der Waals surface area contributed by atoms with E-state index in [1.165, 1.54) is 0 Å². The molecule has 5 nitrogen and oxygen atoms in total. The van der Waals surface area contributed by atoms with Crippen molar-refractivity contribution in [3.05, 3.63) is 0 Å². The molecule has 2 heterocycles. The lowest BCUT2D eigenvalue weighted by atomic mass is 9.49. The summed E-state index contributed by atoms with van der Waals surface area (Å²) in [5.41, 5.74) is -1.31. The first-order valence-corrected chi connectivity index (χ1v) is 6.83. The van der Waals surface area contributed by atoms with Crippen LogP contribution in [0.4, 0.5) is 4.79 Å². The van der Waals surface area contributed by atoms with Gasteiger partial charge in [-0.15, -0.1) is 0 Å². The molecule has 1 aliphatic carbocycles. The number of hydrogen-bond donors (Lipinski definition) is 1. The number of fused-ring (bicyclic) bond motifs is 2. The maximum Gasteiger partial charge on any atom is 0.410 e. The maximum atomic E-state index is 12.1. The second-order valence-electron chi connectivity index (χ2n) is 7.13. The lowest BCUT2D eigenvalue weighted by Gasteiger charge is -2.61. The Kier molecular flexibility index (Phi) is 3.07. The molecular weight excluding hydrogens is 246 g/mol. The SMILES string of the molecule is CCC12CN(C(=O)OC(C)(C)C)CC(C(=O)O)(C1)C2. The Morgan fingerprint density at radius 2 is 1.84 bits per heavy atom. The molecule has 3 rings (SSSR count). The van der Waals surface area contributed by atoms with E-state index in [0.717, 1.165) is 6.42 Å². The molecule has 0 aromatic heterocycles. The summed E-state index contributed by atoms with van der Waals surface area (Å²) in [6, 6.07) is 0. The average molecular weight is 269 g/mol. The van der Waals surface area contributed by atoms with E-state index in [1.807, 2.05) is 20.8 Å². The molecule has 108 valence electrons. The molecule has 1 amide bonds. The van der Waals surface area contributed by atoms with Crippen molar-refractivity contribution in [3.8, 4) is 0 Å². The van der Waals surface area contributed by atoms with Crippen LogP contribution in [0.15, 0.2) is 0 Å². The van der Waals surface area contributed by atoms with E-state index in [9.17, 15) is 14.7 Å². The summed E-state index contributed by atoms with van der Waals surface area (Å²) >= 11 is 0. The van der Waals surface area contributed by atoms with Gasteiger partial charge in [-0.3, -0.25) is 4.79 Å². The Hall–Kier alpha value is -1.26. The number of amides is 1. The fraction of sp³-hybridized carbons (Fsp3) is 0.857. The van der Waals surface area contributed by atoms with E-state index in [2.05, 4.69) is 6.92 Å². The maximum absolute atomic E-state index is 12.1. The van der Waals surface area contributed by atoms with E-state index in [4.69, 9.17) is 4.74 Å². The molecule has 3 aliphatic rings. The first-order chi connectivity index (χ1) is 8.61. The van der Waals surface area contributed by atoms with E-state index in [1.54, 1.807) is 4.90 Å². The van der Waals surface area contributed by atoms with Crippen molar-refractivity contribution >= 4 is 12.1 Å². The van der Waals surface area contributed by atoms with Crippen molar-refractivity contribution in [2.75, 3.05) is 13.1 Å². The number of hydrogen-bond acceptors (Lipinski definition) is 3. The Morgan fingerprint density at radius 3 is 2.26 bits per heavy atom. The number of ether oxygens (including phenoxy) is 1. The van der Waals surface area contributed by atoms with Crippen LogP contribution in [0.3, 0.4) is 0 Å². The lowest BCUT2D eigenvalue weighted by molar-refractivity contribution is -0.184. The van der Waals surface area contributed by atoms with Crippen LogP contribution in [-0.4, -0.2) is 40.8 Å². The predicted octanol–water partition coefficient (Wildman–Crippen LogP) is 2.50. The first kappa shape index (κ1) is 14.2. The van der Waals surface area contributed by atoms with Crippen LogP contribution in [0.2, 0.25) is 0 Å². The average Bonchev–Trinajstić information content (AvgIpc) is 2.25. The summed E-state index contributed by atoms with van der Waals surface area (Å²) in [5.74, 6) is -0.787. The fourth-order valence-electron chi connectivity index (χ4n) is 3.47. The molecule has 2 bridgehead atoms. The van der Waals surface area contributed by atoms with Crippen LogP contribution in [0.1, 0.15) is 47.0 Å². The zero-order valence-electron chi connectivity index (χ0n) is 12.2. The summed E-state index contributed by atoms with van der Waals surface area (Å²) in [6.07, 6.45) is 1.88. The fourth-order valence-corrected chi connectivity index (χ4v) is 3.47. The third-order valence-electron chi connectivity index (χ3n) is 4.30. The highest BCUT2D eigenvalue weighted by Crippen LogP contribution is 2.60. The molecule has 0 aromatic rings. The van der Waals surface area contributed by atoms with Gasteiger partial charge in [-0.1, -0.05) is 6.92 Å². The normalized spacial score (nSPS) is 33.6. The van der Waals surface area contributed by atoms with Gasteiger partial charge in [-0.05, 0) is 45.4 Å². The van der Waals surface area contributed by atoms with E-state index in [-0.39, 0.29) is 12.0 Å². The topological polar surface area (TPSA) is 66.8 Å². The standard InChI is InChI=1S/C14H23NO4/c1-5-13-6-14(7-13,10(16)17)9-15(8-13)11(18)19-12(2,3)4/h5-9H2,1-4H3,(H,16,17). The molecule has 3 fully saturated rings. The summed E-state index contributed by atoms with van der Waals surface area (Å²) in [5, 5.41) is 9.40. The molecule has 0 unspecified atom stereocenters. The van der Waals surface area contributed by atoms with Crippen molar-refractivity contribution < 1.29 is 19.4 Å². The van der Waals surface area contributed by atoms with Gasteiger partial charge in [0.05, 0.1) is 5.41 Å². The van der Waals surface area contributed by atoms with Gasteiger partial charge >= 0.3 is 12.1 Å². The highest BCUT2D eigenvalue weighted by molar-refractivity contribution is 5.79. The van der Waals surface area contributed by atoms with Gasteiger partial charge in [0.15, 0.2) is 0 Å². The van der Waals surface area contributed by atoms with E-state index >= 15 is 0 Å². The lowest BCUT2D eigenvalue weighted by Crippen LogP contribution is -2.67. The third-order valence-corrected chi connectivity index (χ3v) is 4.30. The minimum Gasteiger partial charge on any atom is -0.481 e. The minimum absolute atomic E-state index is 0.0203. The van der Waals surface area contributed by atoms with Crippen LogP contribution < -0.4 is 0 Å². The van der Waals surface area contributed by atoms with Crippen LogP contribution in [0.5, 0.6) is 0 Å². The number of piperidine rings is 2. The van der Waals surface area contributed by atoms with Crippen LogP contribution in [-0.2, 0) is 9.53 Å². The van der Waals surface area contributed by atoms with Gasteiger partial charge in [-0.2, -0.15) is 0 Å². The Labute approximate surface area is 113 Å². The smallest absolute Gasteiger partial charge is 0.410 e. The van der Waals surface area contributed by atoms with Crippen molar-refractivity contribution in [1.82, 2.24) is 4.90 Å². The number of nitrogens with zero attached hydrogens (tertiary/aromatic N) is 1. The number of carboxylic acids is 1. The van der Waals surface area contributed by atoms with Crippen LogP contribution in [0.25, 0.3) is 0 Å². The zero-order chi connectivity index (χ0) is 14.5. The monoisotopic (exact) mass is 269 g/mol. The van der Waals surface area contributed by atoms with Crippen molar-refractivity contribution in [2.45, 2.75) is 52.6 Å². The van der Waals surface area contributed by atoms with Crippen molar-refractivity contribution in [2.24, 2.45) is 10.8 Å². The van der Waals surface area contributed by atoms with E-state index < -0.39 is 23.1 Å². The van der Waals surface area contributed by atoms with Crippen molar-refractivity contribution in [1.29, 1.82) is 0 Å². The summed E-state index contributed by atoms with van der Waals surface area (Å²) in [4.78, 5) is 25.1. The highest BCUT2D eigenvalue weighted by Gasteiger charge is 2.63. The quantitative estimate of drug-likeness (QED) is 0.836. The first-order valence-electron chi connectivity index (χ1n) is 6.83. The molecule has 5 heteroatoms. The molecule has 2 aliphatic heterocycles. The molecule has 1 N–H and O–H groups in total. The molecule has 0 spiro atoms. The number of aliphatic carboxylic acids is 1. The van der Waals surface area contributed by atoms with Gasteiger partial charge in [0.1, 0.15) is 5.60 Å². The number of carboxylic acid groups (broad SMARTS) is 1. The minimum atomic E-state index is -0.787. The third kappa shape index (κ3) is 2.42. The molecule has 0 aromatic carbocycles. The molecule has 19 heavy (non-hydrogen) atoms. The number of carbonyl (C=O) groups excluding carboxylic acids is 1. The second kappa shape index (κ2) is 4.12. The Balaban J connectivity index is 2.12. The number of rotatable bonds is 2. The van der Waals surface area contributed by atoms with Gasteiger partial charge in [0.25, 0.3) is 0 Å². The van der Waals surface area contributed by atoms with Crippen LogP contribution in [0, 0.1) is 10.8 Å². The second-order valence-corrected chi connectivity index (χ2v) is 7.13. The van der Waals surface area contributed by atoms with Crippen LogP contribution >= 0.6 is 0 Å². The van der Waals surface area contributed by atoms with Gasteiger partial charge in [0, 0.05) is 13.1 Å². The summed E-state index contributed by atoms with van der Waals surface area (Å²) < 4.78 is 5.35. The van der Waals surface area contributed by atoms with E-state index in [0.29, 0.717) is 19.4 Å². The molecule has 0 atom stereocenters. The molecule has 0 radical (unpaired) electrons. The molecular formula is C14H23NO4. The molecule has 2 saturated heterocycles. The zero-order valence-corrected chi connectivity index (χ0v) is 12.2. The highest BCUT2D eigenvalue weighted by atomic mass is 16.6. The van der Waals surface area contributed by atoms with Crippen molar-refractivity contribution in [3.63, 3.8) is 0 Å². The Bertz CT molecular complexity index is 404. The summed E-state index contributed by atoms with van der Waals surface area (Å²) in [6.45, 7) is 8.41. The van der Waals surface area contributed by atoms with Gasteiger partial charge in [-0.25, -0.2) is 4.79 Å². The Morgan fingerprint density at radius 1 is 1.26 bits per heavy atom. The largest absolute Gasteiger partial charge is 0.481 e. The van der Waals surface area contributed by atoms with Gasteiger partial charge in [0.2, 0.25) is 0 Å². The number of carbonyl (C=O) groups is 2.